The number of carbonyl (C=O) groups is 1. The highest BCUT2D eigenvalue weighted by molar-refractivity contribution is 6.44. The van der Waals surface area contributed by atoms with Crippen LogP contribution < -0.4 is 5.32 Å². The van der Waals surface area contributed by atoms with E-state index in [1.54, 1.807) is 0 Å². The maximum Gasteiger partial charge on any atom is 0.271 e. The number of non-ortho nitro benzene ring substituents is 1. The van der Waals surface area contributed by atoms with Crippen LogP contribution in [0, 0.1) is 10.1 Å². The Hall–Kier alpha value is -1.33. The smallest absolute Gasteiger partial charge is 0.271 e. The molecule has 0 radical (unpaired) electrons. The van der Waals surface area contributed by atoms with Gasteiger partial charge in [0, 0.05) is 18.2 Å². The fourth-order valence-electron chi connectivity index (χ4n) is 1.84. The van der Waals surface area contributed by atoms with E-state index in [0.717, 1.165) is 31.4 Å². The van der Waals surface area contributed by atoms with Gasteiger partial charge in [0.15, 0.2) is 0 Å². The topological polar surface area (TPSA) is 72.2 Å². The number of hydrogen-bond acceptors (Lipinski definition) is 3. The van der Waals surface area contributed by atoms with Gasteiger partial charge >= 0.3 is 0 Å². The van der Waals surface area contributed by atoms with Crippen LogP contribution in [-0.2, 0) is 0 Å². The van der Waals surface area contributed by atoms with E-state index in [-0.39, 0.29) is 27.3 Å². The lowest BCUT2D eigenvalue weighted by Gasteiger charge is -2.16. The van der Waals surface area contributed by atoms with Crippen molar-refractivity contribution < 1.29 is 9.72 Å². The van der Waals surface area contributed by atoms with Crippen LogP contribution in [-0.4, -0.2) is 16.9 Å². The average molecular weight is 319 g/mol. The van der Waals surface area contributed by atoms with E-state index in [2.05, 4.69) is 5.32 Å². The molecule has 0 saturated heterocycles. The summed E-state index contributed by atoms with van der Waals surface area (Å²) in [5, 5.41) is 13.6. The van der Waals surface area contributed by atoms with Crippen LogP contribution in [0.25, 0.3) is 0 Å². The van der Waals surface area contributed by atoms with Gasteiger partial charge in [0.2, 0.25) is 0 Å². The Bertz CT molecular complexity index is 521. The van der Waals surface area contributed by atoms with Crippen molar-refractivity contribution in [3.05, 3.63) is 37.9 Å². The molecule has 1 rings (SSSR count). The molecule has 20 heavy (non-hydrogen) atoms. The molecule has 1 unspecified atom stereocenters. The SMILES string of the molecule is CCCC(CC)NC(=O)c1cc([N+](=O)[O-])cc(Cl)c1Cl. The first kappa shape index (κ1) is 16.7. The van der Waals surface area contributed by atoms with Crippen molar-refractivity contribution in [3.63, 3.8) is 0 Å². The van der Waals surface area contributed by atoms with Gasteiger partial charge < -0.3 is 5.32 Å². The Morgan fingerprint density at radius 1 is 1.40 bits per heavy atom. The molecule has 7 heteroatoms. The van der Waals surface area contributed by atoms with Crippen molar-refractivity contribution >= 4 is 34.8 Å². The van der Waals surface area contributed by atoms with E-state index in [1.807, 2.05) is 13.8 Å². The van der Waals surface area contributed by atoms with Crippen LogP contribution in [0.3, 0.4) is 0 Å². The third kappa shape index (κ3) is 4.08. The first-order chi connectivity index (χ1) is 9.40. The third-order valence-electron chi connectivity index (χ3n) is 2.93. The Morgan fingerprint density at radius 2 is 2.05 bits per heavy atom. The zero-order valence-electron chi connectivity index (χ0n) is 11.3. The summed E-state index contributed by atoms with van der Waals surface area (Å²) in [5.74, 6) is -0.444. The van der Waals surface area contributed by atoms with Gasteiger partial charge in [0.1, 0.15) is 0 Å². The van der Waals surface area contributed by atoms with Gasteiger partial charge in [-0.1, -0.05) is 43.5 Å². The Morgan fingerprint density at radius 3 is 2.55 bits per heavy atom. The lowest BCUT2D eigenvalue weighted by atomic mass is 10.1. The molecule has 1 amide bonds. The molecule has 1 atom stereocenters. The second-order valence-electron chi connectivity index (χ2n) is 4.41. The summed E-state index contributed by atoms with van der Waals surface area (Å²) in [6.07, 6.45) is 2.55. The monoisotopic (exact) mass is 318 g/mol. The number of halogens is 2. The number of hydrogen-bond donors (Lipinski definition) is 1. The standard InChI is InChI=1S/C13H16Cl2N2O3/c1-3-5-8(4-2)16-13(18)10-6-9(17(19)20)7-11(14)12(10)15/h6-8H,3-5H2,1-2H3,(H,16,18). The van der Waals surface area contributed by atoms with Crippen LogP contribution in [0.15, 0.2) is 12.1 Å². The predicted octanol–water partition coefficient (Wildman–Crippen LogP) is 4.21. The number of rotatable bonds is 6. The van der Waals surface area contributed by atoms with Gasteiger partial charge in [-0.25, -0.2) is 0 Å². The molecule has 0 aliphatic carbocycles. The van der Waals surface area contributed by atoms with E-state index >= 15 is 0 Å². The highest BCUT2D eigenvalue weighted by atomic mass is 35.5. The second-order valence-corrected chi connectivity index (χ2v) is 5.20. The van der Waals surface area contributed by atoms with Crippen LogP contribution in [0.5, 0.6) is 0 Å². The van der Waals surface area contributed by atoms with Gasteiger partial charge in [-0.05, 0) is 12.8 Å². The summed E-state index contributed by atoms with van der Waals surface area (Å²) in [5.41, 5.74) is -0.228. The third-order valence-corrected chi connectivity index (χ3v) is 3.74. The molecular weight excluding hydrogens is 303 g/mol. The van der Waals surface area contributed by atoms with Crippen molar-refractivity contribution in [1.29, 1.82) is 0 Å². The normalized spacial score (nSPS) is 12.0. The maximum atomic E-state index is 12.2. The highest BCUT2D eigenvalue weighted by Crippen LogP contribution is 2.30. The van der Waals surface area contributed by atoms with Gasteiger partial charge in [-0.3, -0.25) is 14.9 Å². The quantitative estimate of drug-likeness (QED) is 0.630. The van der Waals surface area contributed by atoms with E-state index in [9.17, 15) is 14.9 Å². The zero-order chi connectivity index (χ0) is 15.3. The van der Waals surface area contributed by atoms with E-state index in [0.29, 0.717) is 0 Å². The first-order valence-corrected chi connectivity index (χ1v) is 7.10. The number of nitro benzene ring substituents is 1. The van der Waals surface area contributed by atoms with Crippen molar-refractivity contribution in [1.82, 2.24) is 5.32 Å². The van der Waals surface area contributed by atoms with Gasteiger partial charge in [0.05, 0.1) is 20.5 Å². The Kier molecular flexibility index (Phi) is 6.23. The predicted molar refractivity (Wildman–Crippen MR) is 79.6 cm³/mol. The van der Waals surface area contributed by atoms with E-state index < -0.39 is 10.8 Å². The van der Waals surface area contributed by atoms with Crippen molar-refractivity contribution in [3.8, 4) is 0 Å². The molecule has 0 bridgehead atoms. The number of benzene rings is 1. The Labute approximate surface area is 127 Å². The Balaban J connectivity index is 3.05. The molecule has 0 heterocycles. The largest absolute Gasteiger partial charge is 0.349 e. The summed E-state index contributed by atoms with van der Waals surface area (Å²) < 4.78 is 0. The van der Waals surface area contributed by atoms with Crippen LogP contribution >= 0.6 is 23.2 Å². The summed E-state index contributed by atoms with van der Waals surface area (Å²) in [7, 11) is 0. The van der Waals surface area contributed by atoms with Crippen molar-refractivity contribution in [2.45, 2.75) is 39.2 Å². The number of nitrogens with zero attached hydrogens (tertiary/aromatic N) is 1. The number of nitrogens with one attached hydrogen (secondary N) is 1. The van der Waals surface area contributed by atoms with Gasteiger partial charge in [0.25, 0.3) is 11.6 Å². The molecule has 0 spiro atoms. The molecule has 1 aromatic carbocycles. The minimum atomic E-state index is -0.609. The number of nitro groups is 1. The van der Waals surface area contributed by atoms with Crippen LogP contribution in [0.2, 0.25) is 10.0 Å². The van der Waals surface area contributed by atoms with Crippen LogP contribution in [0.1, 0.15) is 43.5 Å². The van der Waals surface area contributed by atoms with Crippen molar-refractivity contribution in [2.75, 3.05) is 0 Å². The molecule has 0 aliphatic rings. The van der Waals surface area contributed by atoms with Crippen molar-refractivity contribution in [2.24, 2.45) is 0 Å². The first-order valence-electron chi connectivity index (χ1n) is 6.34. The molecule has 0 fully saturated rings. The van der Waals surface area contributed by atoms with E-state index in [1.165, 1.54) is 0 Å². The highest BCUT2D eigenvalue weighted by Gasteiger charge is 2.20. The second kappa shape index (κ2) is 7.45. The molecule has 5 nitrogen and oxygen atoms in total. The molecule has 0 aromatic heterocycles. The zero-order valence-corrected chi connectivity index (χ0v) is 12.8. The molecule has 0 aliphatic heterocycles. The molecule has 110 valence electrons. The molecule has 0 saturated carbocycles. The van der Waals surface area contributed by atoms with Gasteiger partial charge in [-0.2, -0.15) is 0 Å². The summed E-state index contributed by atoms with van der Waals surface area (Å²) in [6, 6.07) is 2.29. The minimum Gasteiger partial charge on any atom is -0.349 e. The fourth-order valence-corrected chi connectivity index (χ4v) is 2.24. The number of amides is 1. The molecule has 1 N–H and O–H groups in total. The minimum absolute atomic E-state index is 0.00504. The maximum absolute atomic E-state index is 12.2. The average Bonchev–Trinajstić information content (AvgIpc) is 2.40. The summed E-state index contributed by atoms with van der Waals surface area (Å²) in [4.78, 5) is 22.3. The van der Waals surface area contributed by atoms with Crippen LogP contribution in [0.4, 0.5) is 5.69 Å². The van der Waals surface area contributed by atoms with Gasteiger partial charge in [-0.15, -0.1) is 0 Å². The lowest BCUT2D eigenvalue weighted by molar-refractivity contribution is -0.384. The number of carbonyl (C=O) groups excluding carboxylic acids is 1. The lowest BCUT2D eigenvalue weighted by Crippen LogP contribution is -2.34. The molecule has 1 aromatic rings. The summed E-state index contributed by atoms with van der Waals surface area (Å²) in [6.45, 7) is 3.98. The molecular formula is C13H16Cl2N2O3. The fraction of sp³-hybridized carbons (Fsp3) is 0.462. The summed E-state index contributed by atoms with van der Waals surface area (Å²) >= 11 is 11.8. The van der Waals surface area contributed by atoms with E-state index in [4.69, 9.17) is 23.2 Å².